The van der Waals surface area contributed by atoms with E-state index < -0.39 is 0 Å². The Balaban J connectivity index is 3.77. The molecule has 0 fully saturated rings. The predicted octanol–water partition coefficient (Wildman–Crippen LogP) is 2.23. The van der Waals surface area contributed by atoms with Crippen LogP contribution in [0.5, 0.6) is 0 Å². The van der Waals surface area contributed by atoms with Crippen LogP contribution in [0.25, 0.3) is 0 Å². The highest BCUT2D eigenvalue weighted by Gasteiger charge is 2.11. The minimum Gasteiger partial charge on any atom is -0.444 e. The lowest BCUT2D eigenvalue weighted by Gasteiger charge is -2.14. The Hall–Kier alpha value is -0.830. The standard InChI is InChI=1S/C11H21NO2/c1-5-7-8-9(3)11(13)14-10(4)12-6-2/h10,12H,3,5-8H2,1-2,4H3. The quantitative estimate of drug-likeness (QED) is 0.388. The van der Waals surface area contributed by atoms with Crippen molar-refractivity contribution in [3.63, 3.8) is 0 Å². The largest absolute Gasteiger partial charge is 0.444 e. The van der Waals surface area contributed by atoms with Crippen LogP contribution in [0.4, 0.5) is 0 Å². The molecule has 0 aliphatic carbocycles. The van der Waals surface area contributed by atoms with E-state index in [-0.39, 0.29) is 12.2 Å². The zero-order valence-corrected chi connectivity index (χ0v) is 9.43. The van der Waals surface area contributed by atoms with Crippen molar-refractivity contribution in [2.45, 2.75) is 46.3 Å². The molecule has 0 aromatic rings. The van der Waals surface area contributed by atoms with Gasteiger partial charge in [-0.25, -0.2) is 4.79 Å². The van der Waals surface area contributed by atoms with Crippen molar-refractivity contribution in [1.82, 2.24) is 5.32 Å². The average Bonchev–Trinajstić information content (AvgIpc) is 2.14. The Bertz CT molecular complexity index is 190. The van der Waals surface area contributed by atoms with Crippen LogP contribution >= 0.6 is 0 Å². The van der Waals surface area contributed by atoms with Crippen LogP contribution in [0.3, 0.4) is 0 Å². The predicted molar refractivity (Wildman–Crippen MR) is 57.9 cm³/mol. The summed E-state index contributed by atoms with van der Waals surface area (Å²) in [7, 11) is 0. The Morgan fingerprint density at radius 1 is 1.50 bits per heavy atom. The number of nitrogens with one attached hydrogen (secondary N) is 1. The summed E-state index contributed by atoms with van der Waals surface area (Å²) >= 11 is 0. The lowest BCUT2D eigenvalue weighted by atomic mass is 10.1. The van der Waals surface area contributed by atoms with Crippen molar-refractivity contribution in [3.05, 3.63) is 12.2 Å². The van der Waals surface area contributed by atoms with E-state index in [4.69, 9.17) is 4.74 Å². The SMILES string of the molecule is C=C(CCCC)C(=O)OC(C)NCC. The van der Waals surface area contributed by atoms with E-state index >= 15 is 0 Å². The molecule has 0 amide bonds. The molecule has 0 rings (SSSR count). The number of esters is 1. The average molecular weight is 199 g/mol. The lowest BCUT2D eigenvalue weighted by molar-refractivity contribution is -0.145. The van der Waals surface area contributed by atoms with Crippen LogP contribution in [0.15, 0.2) is 12.2 Å². The number of ether oxygens (including phenoxy) is 1. The third kappa shape index (κ3) is 5.75. The van der Waals surface area contributed by atoms with E-state index in [9.17, 15) is 4.79 Å². The topological polar surface area (TPSA) is 38.3 Å². The van der Waals surface area contributed by atoms with Gasteiger partial charge in [0.25, 0.3) is 0 Å². The van der Waals surface area contributed by atoms with Gasteiger partial charge in [-0.05, 0) is 26.3 Å². The molecule has 0 aliphatic heterocycles. The second kappa shape index (κ2) is 7.56. The fraction of sp³-hybridized carbons (Fsp3) is 0.727. The fourth-order valence-corrected chi connectivity index (χ4v) is 1.07. The van der Waals surface area contributed by atoms with E-state index in [1.165, 1.54) is 0 Å². The number of hydrogen-bond acceptors (Lipinski definition) is 3. The molecule has 0 aromatic heterocycles. The molecule has 3 heteroatoms. The first-order chi connectivity index (χ1) is 6.61. The van der Waals surface area contributed by atoms with E-state index in [0.717, 1.165) is 25.8 Å². The molecule has 1 unspecified atom stereocenters. The van der Waals surface area contributed by atoms with Gasteiger partial charge < -0.3 is 4.74 Å². The molecular weight excluding hydrogens is 178 g/mol. The molecule has 3 nitrogen and oxygen atoms in total. The first-order valence-corrected chi connectivity index (χ1v) is 5.23. The lowest BCUT2D eigenvalue weighted by Crippen LogP contribution is -2.31. The number of rotatable bonds is 7. The molecular formula is C11H21NO2. The van der Waals surface area contributed by atoms with E-state index in [2.05, 4.69) is 18.8 Å². The first-order valence-electron chi connectivity index (χ1n) is 5.23. The molecule has 0 saturated heterocycles. The van der Waals surface area contributed by atoms with Gasteiger partial charge in [-0.2, -0.15) is 0 Å². The molecule has 82 valence electrons. The van der Waals surface area contributed by atoms with Crippen molar-refractivity contribution in [2.75, 3.05) is 6.54 Å². The monoisotopic (exact) mass is 199 g/mol. The van der Waals surface area contributed by atoms with Gasteiger partial charge in [0, 0.05) is 5.57 Å². The molecule has 0 saturated carbocycles. The molecule has 0 aliphatic rings. The number of carbonyl (C=O) groups is 1. The Kier molecular flexibility index (Phi) is 7.11. The van der Waals surface area contributed by atoms with Crippen molar-refractivity contribution >= 4 is 5.97 Å². The van der Waals surface area contributed by atoms with Crippen molar-refractivity contribution in [3.8, 4) is 0 Å². The summed E-state index contributed by atoms with van der Waals surface area (Å²) in [4.78, 5) is 11.4. The van der Waals surface area contributed by atoms with E-state index in [1.54, 1.807) is 0 Å². The summed E-state index contributed by atoms with van der Waals surface area (Å²) in [6.45, 7) is 10.4. The van der Waals surface area contributed by atoms with Crippen LogP contribution < -0.4 is 5.32 Å². The smallest absolute Gasteiger partial charge is 0.334 e. The van der Waals surface area contributed by atoms with Gasteiger partial charge in [-0.3, -0.25) is 5.32 Å². The van der Waals surface area contributed by atoms with Crippen LogP contribution in [0.2, 0.25) is 0 Å². The fourth-order valence-electron chi connectivity index (χ4n) is 1.07. The molecule has 1 atom stereocenters. The molecule has 1 N–H and O–H groups in total. The van der Waals surface area contributed by atoms with Crippen LogP contribution in [-0.2, 0) is 9.53 Å². The van der Waals surface area contributed by atoms with E-state index in [1.807, 2.05) is 13.8 Å². The van der Waals surface area contributed by atoms with Crippen molar-refractivity contribution < 1.29 is 9.53 Å². The summed E-state index contributed by atoms with van der Waals surface area (Å²) < 4.78 is 5.10. The molecule has 0 aromatic carbocycles. The maximum atomic E-state index is 11.4. The third-order valence-corrected chi connectivity index (χ3v) is 1.90. The Morgan fingerprint density at radius 3 is 2.64 bits per heavy atom. The molecule has 0 spiro atoms. The highest BCUT2D eigenvalue weighted by atomic mass is 16.6. The zero-order valence-electron chi connectivity index (χ0n) is 9.43. The van der Waals surface area contributed by atoms with Crippen LogP contribution in [0, 0.1) is 0 Å². The summed E-state index contributed by atoms with van der Waals surface area (Å²) in [6, 6.07) is 0. The van der Waals surface area contributed by atoms with Crippen LogP contribution in [-0.4, -0.2) is 18.7 Å². The number of unbranched alkanes of at least 4 members (excludes halogenated alkanes) is 1. The summed E-state index contributed by atoms with van der Waals surface area (Å²) in [6.07, 6.45) is 2.55. The van der Waals surface area contributed by atoms with Gasteiger partial charge in [0.15, 0.2) is 6.23 Å². The molecule has 0 bridgehead atoms. The van der Waals surface area contributed by atoms with Gasteiger partial charge >= 0.3 is 5.97 Å². The summed E-state index contributed by atoms with van der Waals surface area (Å²) in [5, 5.41) is 3.00. The van der Waals surface area contributed by atoms with E-state index in [0.29, 0.717) is 5.57 Å². The number of hydrogen-bond donors (Lipinski definition) is 1. The molecule has 14 heavy (non-hydrogen) atoms. The maximum Gasteiger partial charge on any atom is 0.334 e. The second-order valence-corrected chi connectivity index (χ2v) is 3.31. The second-order valence-electron chi connectivity index (χ2n) is 3.31. The normalized spacial score (nSPS) is 12.2. The summed E-state index contributed by atoms with van der Waals surface area (Å²) in [5.74, 6) is -0.285. The minimum absolute atomic E-state index is 0.231. The Labute approximate surface area is 86.5 Å². The van der Waals surface area contributed by atoms with Gasteiger partial charge in [-0.15, -0.1) is 0 Å². The zero-order chi connectivity index (χ0) is 11.0. The first kappa shape index (κ1) is 13.2. The van der Waals surface area contributed by atoms with Gasteiger partial charge in [-0.1, -0.05) is 26.8 Å². The summed E-state index contributed by atoms with van der Waals surface area (Å²) in [5.41, 5.74) is 0.566. The van der Waals surface area contributed by atoms with Gasteiger partial charge in [0.05, 0.1) is 0 Å². The van der Waals surface area contributed by atoms with Crippen molar-refractivity contribution in [1.29, 1.82) is 0 Å². The van der Waals surface area contributed by atoms with Gasteiger partial charge in [0.1, 0.15) is 0 Å². The van der Waals surface area contributed by atoms with Gasteiger partial charge in [0.2, 0.25) is 0 Å². The minimum atomic E-state index is -0.285. The highest BCUT2D eigenvalue weighted by Crippen LogP contribution is 2.07. The molecule has 0 radical (unpaired) electrons. The molecule has 0 heterocycles. The highest BCUT2D eigenvalue weighted by molar-refractivity contribution is 5.87. The third-order valence-electron chi connectivity index (χ3n) is 1.90. The van der Waals surface area contributed by atoms with Crippen molar-refractivity contribution in [2.24, 2.45) is 0 Å². The Morgan fingerprint density at radius 2 is 2.14 bits per heavy atom. The maximum absolute atomic E-state index is 11.4. The number of carbonyl (C=O) groups excluding carboxylic acids is 1. The van der Waals surface area contributed by atoms with Crippen LogP contribution in [0.1, 0.15) is 40.0 Å².